The minimum absolute atomic E-state index is 0.150. The van der Waals surface area contributed by atoms with E-state index >= 15 is 0 Å². The van der Waals surface area contributed by atoms with E-state index in [-0.39, 0.29) is 5.56 Å². The zero-order chi connectivity index (χ0) is 17.3. The van der Waals surface area contributed by atoms with Crippen LogP contribution < -0.4 is 15.6 Å². The van der Waals surface area contributed by atoms with Gasteiger partial charge in [0.05, 0.1) is 22.3 Å². The minimum atomic E-state index is -0.150. The Morgan fingerprint density at radius 1 is 1.33 bits per heavy atom. The molecule has 1 aromatic heterocycles. The second-order valence-electron chi connectivity index (χ2n) is 5.54. The Labute approximate surface area is 149 Å². The molecule has 5 nitrogen and oxygen atoms in total. The zero-order valence-corrected chi connectivity index (χ0v) is 14.9. The van der Waals surface area contributed by atoms with Crippen LogP contribution in [0.1, 0.15) is 18.2 Å². The summed E-state index contributed by atoms with van der Waals surface area (Å²) in [4.78, 5) is 19.4. The average molecular weight is 366 g/mol. The van der Waals surface area contributed by atoms with Crippen LogP contribution in [0.25, 0.3) is 0 Å². The summed E-state index contributed by atoms with van der Waals surface area (Å²) in [5, 5.41) is 4.08. The van der Waals surface area contributed by atoms with Crippen LogP contribution >= 0.6 is 23.2 Å². The van der Waals surface area contributed by atoms with Crippen molar-refractivity contribution in [3.8, 4) is 5.75 Å². The summed E-state index contributed by atoms with van der Waals surface area (Å²) in [6.45, 7) is 4.62. The molecule has 0 amide bonds. The highest BCUT2D eigenvalue weighted by Gasteiger charge is 2.19. The van der Waals surface area contributed by atoms with E-state index in [1.54, 1.807) is 12.1 Å². The van der Waals surface area contributed by atoms with Gasteiger partial charge in [-0.2, -0.15) is 0 Å². The van der Waals surface area contributed by atoms with Gasteiger partial charge in [0.25, 0.3) is 5.56 Å². The van der Waals surface area contributed by atoms with Crippen LogP contribution in [0.5, 0.6) is 5.75 Å². The van der Waals surface area contributed by atoms with Crippen LogP contribution in [0.15, 0.2) is 28.0 Å². The second kappa shape index (κ2) is 6.87. The molecule has 0 atom stereocenters. The number of aromatic nitrogens is 1. The Hall–Kier alpha value is -1.98. The van der Waals surface area contributed by atoms with Gasteiger partial charge in [0.1, 0.15) is 18.0 Å². The lowest BCUT2D eigenvalue weighted by molar-refractivity contribution is 0.371. The van der Waals surface area contributed by atoms with Crippen LogP contribution in [-0.4, -0.2) is 23.8 Å². The quantitative estimate of drug-likeness (QED) is 0.855. The van der Waals surface area contributed by atoms with Gasteiger partial charge in [0.2, 0.25) is 0 Å². The third-order valence-corrected chi connectivity index (χ3v) is 4.50. The van der Waals surface area contributed by atoms with E-state index in [0.29, 0.717) is 40.3 Å². The number of H-pyrrole nitrogens is 1. The molecule has 0 unspecified atom stereocenters. The Balaban J connectivity index is 1.82. The standard InChI is InChI=1S/C17H17Cl2N3O2/c1-3-10-6-14(17(23)21-9(10)2)20-7-11-8-24-16-13(19)5-4-12(18)15(16)22-11/h4-6,20H,3,7-8H2,1-2H3,(H,21,23). The van der Waals surface area contributed by atoms with Crippen LogP contribution in [-0.2, 0) is 6.42 Å². The zero-order valence-electron chi connectivity index (χ0n) is 13.4. The van der Waals surface area contributed by atoms with Gasteiger partial charge < -0.3 is 15.0 Å². The molecule has 2 heterocycles. The highest BCUT2D eigenvalue weighted by Crippen LogP contribution is 2.42. The first-order valence-corrected chi connectivity index (χ1v) is 8.39. The molecule has 0 saturated heterocycles. The third-order valence-electron chi connectivity index (χ3n) is 3.90. The van der Waals surface area contributed by atoms with Gasteiger partial charge in [-0.3, -0.25) is 4.79 Å². The highest BCUT2D eigenvalue weighted by atomic mass is 35.5. The number of benzene rings is 1. The molecule has 2 aromatic rings. The lowest BCUT2D eigenvalue weighted by Crippen LogP contribution is -2.26. The predicted octanol–water partition coefficient (Wildman–Crippen LogP) is 4.13. The molecule has 2 N–H and O–H groups in total. The number of pyridine rings is 1. The van der Waals surface area contributed by atoms with Crippen molar-refractivity contribution in [3.63, 3.8) is 0 Å². The first kappa shape index (κ1) is 16.9. The first-order valence-electron chi connectivity index (χ1n) is 7.63. The van der Waals surface area contributed by atoms with Gasteiger partial charge in [0.15, 0.2) is 5.75 Å². The number of fused-ring (bicyclic) bond motifs is 1. The van der Waals surface area contributed by atoms with Crippen molar-refractivity contribution in [1.29, 1.82) is 0 Å². The predicted molar refractivity (Wildman–Crippen MR) is 98.7 cm³/mol. The number of ether oxygens (including phenoxy) is 1. The topological polar surface area (TPSA) is 66.5 Å². The van der Waals surface area contributed by atoms with Crippen molar-refractivity contribution in [3.05, 3.63) is 49.9 Å². The van der Waals surface area contributed by atoms with Crippen molar-refractivity contribution in [1.82, 2.24) is 4.98 Å². The maximum Gasteiger partial charge on any atom is 0.271 e. The van der Waals surface area contributed by atoms with E-state index in [4.69, 9.17) is 27.9 Å². The third kappa shape index (κ3) is 3.28. The minimum Gasteiger partial charge on any atom is -0.484 e. The van der Waals surface area contributed by atoms with Crippen molar-refractivity contribution >= 4 is 40.3 Å². The fourth-order valence-corrected chi connectivity index (χ4v) is 2.96. The summed E-state index contributed by atoms with van der Waals surface area (Å²) in [5.41, 5.74) is 3.62. The number of hydrogen-bond donors (Lipinski definition) is 2. The number of hydrogen-bond acceptors (Lipinski definition) is 4. The van der Waals surface area contributed by atoms with Gasteiger partial charge in [0, 0.05) is 5.69 Å². The monoisotopic (exact) mass is 365 g/mol. The maximum absolute atomic E-state index is 12.1. The largest absolute Gasteiger partial charge is 0.484 e. The number of anilines is 1. The Morgan fingerprint density at radius 2 is 2.08 bits per heavy atom. The van der Waals surface area contributed by atoms with E-state index in [2.05, 4.69) is 15.3 Å². The van der Waals surface area contributed by atoms with Crippen molar-refractivity contribution in [2.45, 2.75) is 20.3 Å². The van der Waals surface area contributed by atoms with Gasteiger partial charge in [-0.1, -0.05) is 30.1 Å². The molecule has 0 saturated carbocycles. The maximum atomic E-state index is 12.1. The van der Waals surface area contributed by atoms with Crippen molar-refractivity contribution in [2.75, 3.05) is 18.5 Å². The van der Waals surface area contributed by atoms with Gasteiger partial charge in [-0.25, -0.2) is 4.99 Å². The average Bonchev–Trinajstić information content (AvgIpc) is 2.57. The number of aromatic amines is 1. The van der Waals surface area contributed by atoms with Crippen LogP contribution in [0, 0.1) is 6.92 Å². The molecule has 0 spiro atoms. The fourth-order valence-electron chi connectivity index (χ4n) is 2.56. The highest BCUT2D eigenvalue weighted by molar-refractivity contribution is 6.36. The van der Waals surface area contributed by atoms with E-state index < -0.39 is 0 Å². The van der Waals surface area contributed by atoms with E-state index in [0.717, 1.165) is 23.4 Å². The number of halogens is 2. The second-order valence-corrected chi connectivity index (χ2v) is 6.36. The lowest BCUT2D eigenvalue weighted by atomic mass is 10.1. The molecule has 1 aliphatic rings. The number of nitrogens with zero attached hydrogens (tertiary/aromatic N) is 1. The van der Waals surface area contributed by atoms with Gasteiger partial charge in [-0.05, 0) is 37.1 Å². The molecule has 0 fully saturated rings. The first-order chi connectivity index (χ1) is 11.5. The number of aliphatic imine (C=N–C) groups is 1. The number of nitrogens with one attached hydrogen (secondary N) is 2. The molecule has 1 aliphatic heterocycles. The molecule has 0 radical (unpaired) electrons. The summed E-state index contributed by atoms with van der Waals surface area (Å²) in [6.07, 6.45) is 0.850. The Morgan fingerprint density at radius 3 is 2.83 bits per heavy atom. The SMILES string of the molecule is CCc1cc(NCC2=Nc3c(Cl)ccc(Cl)c3OC2)c(=O)[nH]c1C. The summed E-state index contributed by atoms with van der Waals surface area (Å²) in [6, 6.07) is 5.24. The number of rotatable bonds is 4. The Kier molecular flexibility index (Phi) is 4.83. The smallest absolute Gasteiger partial charge is 0.271 e. The van der Waals surface area contributed by atoms with Gasteiger partial charge in [-0.15, -0.1) is 0 Å². The van der Waals surface area contributed by atoms with Crippen LogP contribution in [0.2, 0.25) is 10.0 Å². The van der Waals surface area contributed by atoms with Gasteiger partial charge >= 0.3 is 0 Å². The molecule has 3 rings (SSSR count). The van der Waals surface area contributed by atoms with Crippen LogP contribution in [0.4, 0.5) is 11.4 Å². The molecule has 126 valence electrons. The Bertz CT molecular complexity index is 875. The lowest BCUT2D eigenvalue weighted by Gasteiger charge is -2.19. The molecule has 0 bridgehead atoms. The molecular formula is C17H17Cl2N3O2. The summed E-state index contributed by atoms with van der Waals surface area (Å²) in [7, 11) is 0. The molecule has 7 heteroatoms. The summed E-state index contributed by atoms with van der Waals surface area (Å²) in [5.74, 6) is 0.495. The van der Waals surface area contributed by atoms with E-state index in [1.165, 1.54) is 0 Å². The van der Waals surface area contributed by atoms with E-state index in [1.807, 2.05) is 19.9 Å². The molecule has 1 aromatic carbocycles. The summed E-state index contributed by atoms with van der Waals surface area (Å²) < 4.78 is 5.66. The van der Waals surface area contributed by atoms with Crippen molar-refractivity contribution in [2.24, 2.45) is 4.99 Å². The van der Waals surface area contributed by atoms with Crippen LogP contribution in [0.3, 0.4) is 0 Å². The van der Waals surface area contributed by atoms with Crippen molar-refractivity contribution < 1.29 is 4.74 Å². The summed E-state index contributed by atoms with van der Waals surface area (Å²) >= 11 is 12.2. The fraction of sp³-hybridized carbons (Fsp3) is 0.294. The normalized spacial score (nSPS) is 13.1. The molecule has 0 aliphatic carbocycles. The molecule has 24 heavy (non-hydrogen) atoms. The molecular weight excluding hydrogens is 349 g/mol. The number of aryl methyl sites for hydroxylation is 2. The van der Waals surface area contributed by atoms with E-state index in [9.17, 15) is 4.79 Å².